The number of benzene rings is 2. The molecule has 0 aliphatic heterocycles. The van der Waals surface area contributed by atoms with Gasteiger partial charge >= 0.3 is 6.01 Å². The predicted octanol–water partition coefficient (Wildman–Crippen LogP) is 5.65. The average Bonchev–Trinajstić information content (AvgIpc) is 3.29. The van der Waals surface area contributed by atoms with Crippen LogP contribution >= 0.6 is 34.5 Å². The summed E-state index contributed by atoms with van der Waals surface area (Å²) in [4.78, 5) is 9.58. The predicted molar refractivity (Wildman–Crippen MR) is 104 cm³/mol. The zero-order valence-corrected chi connectivity index (χ0v) is 15.3. The Balaban J connectivity index is 1.50. The highest BCUT2D eigenvalue weighted by Crippen LogP contribution is 2.28. The van der Waals surface area contributed by atoms with Crippen molar-refractivity contribution >= 4 is 62.6 Å². The summed E-state index contributed by atoms with van der Waals surface area (Å²) in [5.41, 5.74) is 3.25. The summed E-state index contributed by atoms with van der Waals surface area (Å²) in [5.74, 6) is 0.407. The first-order chi connectivity index (χ1) is 12.7. The zero-order valence-electron chi connectivity index (χ0n) is 13.0. The molecule has 0 bridgehead atoms. The van der Waals surface area contributed by atoms with E-state index in [1.54, 1.807) is 22.7 Å². The molecule has 3 heterocycles. The van der Waals surface area contributed by atoms with Crippen molar-refractivity contribution in [2.24, 2.45) is 0 Å². The monoisotopic (exact) mass is 401 g/mol. The molecule has 9 heteroatoms. The van der Waals surface area contributed by atoms with Crippen molar-refractivity contribution in [3.63, 3.8) is 0 Å². The van der Waals surface area contributed by atoms with Crippen molar-refractivity contribution in [2.75, 3.05) is 5.32 Å². The number of anilines is 2. The molecule has 0 saturated heterocycles. The van der Waals surface area contributed by atoms with E-state index >= 15 is 0 Å². The quantitative estimate of drug-likeness (QED) is 0.422. The van der Waals surface area contributed by atoms with Crippen LogP contribution in [0.2, 0.25) is 10.0 Å². The van der Waals surface area contributed by atoms with Gasteiger partial charge in [0.25, 0.3) is 5.95 Å². The van der Waals surface area contributed by atoms with E-state index in [9.17, 15) is 0 Å². The molecule has 6 nitrogen and oxygen atoms in total. The van der Waals surface area contributed by atoms with Crippen LogP contribution in [-0.4, -0.2) is 19.6 Å². The van der Waals surface area contributed by atoms with Crippen LogP contribution in [0.4, 0.5) is 12.0 Å². The fourth-order valence-corrected chi connectivity index (χ4v) is 3.73. The first-order valence-electron chi connectivity index (χ1n) is 7.59. The summed E-state index contributed by atoms with van der Waals surface area (Å²) in [6.07, 6.45) is 0. The lowest BCUT2D eigenvalue weighted by Gasteiger charge is -1.98. The highest BCUT2D eigenvalue weighted by molar-refractivity contribution is 7.15. The van der Waals surface area contributed by atoms with Gasteiger partial charge in [-0.15, -0.1) is 16.4 Å². The van der Waals surface area contributed by atoms with Crippen molar-refractivity contribution in [2.45, 2.75) is 0 Å². The van der Waals surface area contributed by atoms with E-state index in [4.69, 9.17) is 27.6 Å². The Labute approximate surface area is 161 Å². The molecule has 0 amide bonds. The Kier molecular flexibility index (Phi) is 3.59. The first-order valence-corrected chi connectivity index (χ1v) is 9.22. The minimum Gasteiger partial charge on any atom is -0.423 e. The van der Waals surface area contributed by atoms with Gasteiger partial charge in [0.15, 0.2) is 5.58 Å². The molecular formula is C17H9Cl2N5OS. The summed E-state index contributed by atoms with van der Waals surface area (Å²) in [6.45, 7) is 0. The number of fused-ring (bicyclic) bond motifs is 2. The molecule has 3 aromatic heterocycles. The molecule has 26 heavy (non-hydrogen) atoms. The summed E-state index contributed by atoms with van der Waals surface area (Å²) in [7, 11) is 0. The maximum absolute atomic E-state index is 5.98. The number of hydrogen-bond donors (Lipinski definition) is 1. The molecule has 5 aromatic rings. The largest absolute Gasteiger partial charge is 0.423 e. The molecule has 0 aliphatic carbocycles. The van der Waals surface area contributed by atoms with Gasteiger partial charge in [0.1, 0.15) is 5.52 Å². The lowest BCUT2D eigenvalue weighted by molar-refractivity contribution is 0.621. The van der Waals surface area contributed by atoms with E-state index in [2.05, 4.69) is 20.4 Å². The second kappa shape index (κ2) is 5.98. The van der Waals surface area contributed by atoms with Crippen molar-refractivity contribution in [1.29, 1.82) is 0 Å². The maximum atomic E-state index is 5.98. The maximum Gasteiger partial charge on any atom is 0.302 e. The minimum absolute atomic E-state index is 0.313. The van der Waals surface area contributed by atoms with E-state index < -0.39 is 0 Å². The standard InChI is InChI=1S/C17H9Cl2N5OS/c18-10-3-1-9(2-4-10)13-8-26-17-22-15(23-24(13)17)21-16-20-12-7-11(19)5-6-14(12)25-16/h1-8H,(H,20,21,23). The second-order valence-corrected chi connectivity index (χ2v) is 7.22. The van der Waals surface area contributed by atoms with Gasteiger partial charge in [0, 0.05) is 21.0 Å². The van der Waals surface area contributed by atoms with Crippen molar-refractivity contribution in [3.8, 4) is 11.3 Å². The molecular weight excluding hydrogens is 393 g/mol. The molecule has 0 radical (unpaired) electrons. The highest BCUT2D eigenvalue weighted by atomic mass is 35.5. The number of halogens is 2. The van der Waals surface area contributed by atoms with E-state index in [1.807, 2.05) is 29.6 Å². The van der Waals surface area contributed by atoms with Crippen molar-refractivity contribution in [3.05, 3.63) is 57.9 Å². The van der Waals surface area contributed by atoms with E-state index in [-0.39, 0.29) is 0 Å². The van der Waals surface area contributed by atoms with Crippen LogP contribution in [-0.2, 0) is 0 Å². The van der Waals surface area contributed by atoms with Crippen LogP contribution in [0.25, 0.3) is 27.3 Å². The topological polar surface area (TPSA) is 68.2 Å². The van der Waals surface area contributed by atoms with Gasteiger partial charge in [-0.25, -0.2) is 4.52 Å². The molecule has 2 aromatic carbocycles. The minimum atomic E-state index is 0.313. The van der Waals surface area contributed by atoms with Crippen LogP contribution in [0.5, 0.6) is 0 Å². The lowest BCUT2D eigenvalue weighted by Crippen LogP contribution is -1.94. The Hall–Kier alpha value is -2.61. The van der Waals surface area contributed by atoms with Gasteiger partial charge < -0.3 is 4.42 Å². The lowest BCUT2D eigenvalue weighted by atomic mass is 10.2. The molecule has 128 valence electrons. The molecule has 0 atom stereocenters. The summed E-state index contributed by atoms with van der Waals surface area (Å²) in [5, 5.41) is 10.8. The molecule has 0 fully saturated rings. The Morgan fingerprint density at radius 3 is 2.65 bits per heavy atom. The number of hydrogen-bond acceptors (Lipinski definition) is 6. The number of rotatable bonds is 3. The molecule has 0 aliphatic rings. The van der Waals surface area contributed by atoms with Crippen LogP contribution in [0.15, 0.2) is 52.3 Å². The third kappa shape index (κ3) is 2.70. The molecule has 0 spiro atoms. The Bertz CT molecular complexity index is 1240. The van der Waals surface area contributed by atoms with Gasteiger partial charge in [-0.1, -0.05) is 35.3 Å². The Morgan fingerprint density at radius 1 is 1.00 bits per heavy atom. The Morgan fingerprint density at radius 2 is 1.81 bits per heavy atom. The summed E-state index contributed by atoms with van der Waals surface area (Å²) >= 11 is 13.4. The van der Waals surface area contributed by atoms with Crippen LogP contribution in [0, 0.1) is 0 Å². The third-order valence-corrected chi connectivity index (χ3v) is 5.09. The van der Waals surface area contributed by atoms with Gasteiger partial charge in [-0.3, -0.25) is 5.32 Å². The fraction of sp³-hybridized carbons (Fsp3) is 0. The van der Waals surface area contributed by atoms with Crippen molar-refractivity contribution in [1.82, 2.24) is 19.6 Å². The fourth-order valence-electron chi connectivity index (χ4n) is 2.60. The van der Waals surface area contributed by atoms with Crippen LogP contribution in [0.3, 0.4) is 0 Å². The second-order valence-electron chi connectivity index (χ2n) is 5.51. The average molecular weight is 402 g/mol. The van der Waals surface area contributed by atoms with Crippen LogP contribution < -0.4 is 5.32 Å². The molecule has 1 N–H and O–H groups in total. The SMILES string of the molecule is Clc1ccc(-c2csc3nc(Nc4nc5cc(Cl)ccc5o4)nn23)cc1. The molecule has 0 saturated carbocycles. The van der Waals surface area contributed by atoms with Gasteiger partial charge in [-0.05, 0) is 30.3 Å². The van der Waals surface area contributed by atoms with Gasteiger partial charge in [0.2, 0.25) is 4.96 Å². The van der Waals surface area contributed by atoms with E-state index in [1.165, 1.54) is 11.3 Å². The number of oxazole rings is 1. The summed E-state index contributed by atoms with van der Waals surface area (Å²) < 4.78 is 7.42. The first kappa shape index (κ1) is 15.6. The zero-order chi connectivity index (χ0) is 17.7. The van der Waals surface area contributed by atoms with Gasteiger partial charge in [-0.2, -0.15) is 9.97 Å². The molecule has 5 rings (SSSR count). The number of thiazole rings is 1. The normalized spacial score (nSPS) is 11.5. The van der Waals surface area contributed by atoms with E-state index in [0.29, 0.717) is 33.1 Å². The number of nitrogens with one attached hydrogen (secondary N) is 1. The van der Waals surface area contributed by atoms with Crippen LogP contribution in [0.1, 0.15) is 0 Å². The smallest absolute Gasteiger partial charge is 0.302 e. The van der Waals surface area contributed by atoms with Gasteiger partial charge in [0.05, 0.1) is 5.69 Å². The summed E-state index contributed by atoms with van der Waals surface area (Å²) in [6, 6.07) is 13.2. The molecule has 0 unspecified atom stereocenters. The third-order valence-electron chi connectivity index (χ3n) is 3.79. The van der Waals surface area contributed by atoms with E-state index in [0.717, 1.165) is 16.2 Å². The number of nitrogens with zero attached hydrogens (tertiary/aromatic N) is 4. The van der Waals surface area contributed by atoms with Crippen molar-refractivity contribution < 1.29 is 4.42 Å². The number of aromatic nitrogens is 4. The highest BCUT2D eigenvalue weighted by Gasteiger charge is 2.14.